The van der Waals surface area contributed by atoms with Gasteiger partial charge in [-0.3, -0.25) is 14.9 Å². The molecular formula is C18H14FN3O2S2. The standard InChI is InChI=1S/C18H14FN3O2S2/c19-12-4-1-3-11(9-12)17(24)22-7-6-13-15(10-22)26-18(20-13)21-16(23)14-5-2-8-25-14/h1-5,8-9H,6-7,10H2,(H,20,21,23). The molecule has 0 saturated heterocycles. The average molecular weight is 387 g/mol. The van der Waals surface area contributed by atoms with Gasteiger partial charge in [-0.15, -0.1) is 11.3 Å². The Kier molecular flexibility index (Phi) is 4.52. The normalized spacial score (nSPS) is 13.3. The molecule has 3 heterocycles. The van der Waals surface area contributed by atoms with Gasteiger partial charge < -0.3 is 4.90 Å². The van der Waals surface area contributed by atoms with Crippen molar-refractivity contribution < 1.29 is 14.0 Å². The maximum absolute atomic E-state index is 13.4. The highest BCUT2D eigenvalue weighted by molar-refractivity contribution is 7.16. The molecule has 8 heteroatoms. The summed E-state index contributed by atoms with van der Waals surface area (Å²) >= 11 is 2.74. The fraction of sp³-hybridized carbons (Fsp3) is 0.167. The van der Waals surface area contributed by atoms with Crippen molar-refractivity contribution in [2.24, 2.45) is 0 Å². The number of halogens is 1. The molecule has 0 unspecified atom stereocenters. The number of rotatable bonds is 3. The molecule has 1 aliphatic rings. The first kappa shape index (κ1) is 16.9. The predicted octanol–water partition coefficient (Wildman–Crippen LogP) is 3.79. The third kappa shape index (κ3) is 3.38. The number of nitrogens with one attached hydrogen (secondary N) is 1. The van der Waals surface area contributed by atoms with Crippen molar-refractivity contribution in [2.75, 3.05) is 11.9 Å². The zero-order chi connectivity index (χ0) is 18.1. The van der Waals surface area contributed by atoms with Crippen LogP contribution >= 0.6 is 22.7 Å². The highest BCUT2D eigenvalue weighted by atomic mass is 32.1. The minimum Gasteiger partial charge on any atom is -0.333 e. The lowest BCUT2D eigenvalue weighted by Crippen LogP contribution is -2.35. The molecule has 0 aliphatic carbocycles. The van der Waals surface area contributed by atoms with Crippen molar-refractivity contribution in [1.82, 2.24) is 9.88 Å². The van der Waals surface area contributed by atoms with E-state index in [2.05, 4.69) is 10.3 Å². The van der Waals surface area contributed by atoms with Gasteiger partial charge in [0.15, 0.2) is 5.13 Å². The largest absolute Gasteiger partial charge is 0.333 e. The van der Waals surface area contributed by atoms with Crippen LogP contribution in [-0.2, 0) is 13.0 Å². The molecule has 3 aromatic rings. The Bertz CT molecular complexity index is 969. The number of carbonyl (C=O) groups excluding carboxylic acids is 2. The Labute approximate surface area is 157 Å². The molecule has 1 aliphatic heterocycles. The van der Waals surface area contributed by atoms with Gasteiger partial charge in [0.2, 0.25) is 0 Å². The van der Waals surface area contributed by atoms with Crippen molar-refractivity contribution in [3.63, 3.8) is 0 Å². The highest BCUT2D eigenvalue weighted by Gasteiger charge is 2.25. The maximum Gasteiger partial charge on any atom is 0.267 e. The second-order valence-corrected chi connectivity index (χ2v) is 7.84. The van der Waals surface area contributed by atoms with Gasteiger partial charge in [-0.1, -0.05) is 23.5 Å². The first-order valence-corrected chi connectivity index (χ1v) is 9.68. The quantitative estimate of drug-likeness (QED) is 0.744. The minimum atomic E-state index is -0.426. The van der Waals surface area contributed by atoms with Gasteiger partial charge in [0.05, 0.1) is 17.1 Å². The number of anilines is 1. The van der Waals surface area contributed by atoms with E-state index in [0.717, 1.165) is 10.6 Å². The Morgan fingerprint density at radius 2 is 2.12 bits per heavy atom. The third-order valence-electron chi connectivity index (χ3n) is 4.06. The van der Waals surface area contributed by atoms with E-state index in [9.17, 15) is 14.0 Å². The molecule has 0 atom stereocenters. The summed E-state index contributed by atoms with van der Waals surface area (Å²) < 4.78 is 13.4. The van der Waals surface area contributed by atoms with Crippen molar-refractivity contribution in [2.45, 2.75) is 13.0 Å². The lowest BCUT2D eigenvalue weighted by Gasteiger charge is -2.26. The van der Waals surface area contributed by atoms with Crippen LogP contribution in [0.3, 0.4) is 0 Å². The Hall–Kier alpha value is -2.58. The topological polar surface area (TPSA) is 62.3 Å². The average Bonchev–Trinajstić information content (AvgIpc) is 3.29. The molecule has 1 aromatic carbocycles. The SMILES string of the molecule is O=C(Nc1nc2c(s1)CN(C(=O)c1cccc(F)c1)CC2)c1cccs1. The fourth-order valence-corrected chi connectivity index (χ4v) is 4.43. The second-order valence-electron chi connectivity index (χ2n) is 5.81. The van der Waals surface area contributed by atoms with E-state index in [1.54, 1.807) is 17.0 Å². The van der Waals surface area contributed by atoms with E-state index in [4.69, 9.17) is 0 Å². The predicted molar refractivity (Wildman–Crippen MR) is 99.2 cm³/mol. The van der Waals surface area contributed by atoms with E-state index in [-0.39, 0.29) is 11.8 Å². The van der Waals surface area contributed by atoms with E-state index in [1.807, 2.05) is 11.4 Å². The van der Waals surface area contributed by atoms with E-state index in [0.29, 0.717) is 35.1 Å². The van der Waals surface area contributed by atoms with Gasteiger partial charge >= 0.3 is 0 Å². The van der Waals surface area contributed by atoms with Crippen LogP contribution in [-0.4, -0.2) is 28.2 Å². The first-order chi connectivity index (χ1) is 12.6. The maximum atomic E-state index is 13.4. The smallest absolute Gasteiger partial charge is 0.267 e. The molecular weight excluding hydrogens is 373 g/mol. The van der Waals surface area contributed by atoms with Crippen molar-refractivity contribution in [3.05, 3.63) is 68.6 Å². The number of thiazole rings is 1. The monoisotopic (exact) mass is 387 g/mol. The molecule has 0 spiro atoms. The van der Waals surface area contributed by atoms with Gasteiger partial charge in [0.25, 0.3) is 11.8 Å². The summed E-state index contributed by atoms with van der Waals surface area (Å²) in [5.74, 6) is -0.809. The van der Waals surface area contributed by atoms with Crippen LogP contribution in [0.1, 0.15) is 30.6 Å². The van der Waals surface area contributed by atoms with Gasteiger partial charge in [0, 0.05) is 23.4 Å². The van der Waals surface area contributed by atoms with Crippen molar-refractivity contribution in [1.29, 1.82) is 0 Å². The molecule has 0 radical (unpaired) electrons. The fourth-order valence-electron chi connectivity index (χ4n) is 2.79. The first-order valence-electron chi connectivity index (χ1n) is 7.98. The lowest BCUT2D eigenvalue weighted by atomic mass is 10.1. The van der Waals surface area contributed by atoms with Crippen LogP contribution in [0.15, 0.2) is 41.8 Å². The molecule has 0 bridgehead atoms. The molecule has 5 nitrogen and oxygen atoms in total. The number of hydrogen-bond donors (Lipinski definition) is 1. The summed E-state index contributed by atoms with van der Waals surface area (Å²) in [6.45, 7) is 0.932. The van der Waals surface area contributed by atoms with E-state index >= 15 is 0 Å². The van der Waals surface area contributed by atoms with Crippen molar-refractivity contribution in [3.8, 4) is 0 Å². The molecule has 1 N–H and O–H groups in total. The number of benzene rings is 1. The third-order valence-corrected chi connectivity index (χ3v) is 5.92. The van der Waals surface area contributed by atoms with Crippen LogP contribution in [0.5, 0.6) is 0 Å². The van der Waals surface area contributed by atoms with Crippen LogP contribution < -0.4 is 5.32 Å². The van der Waals surface area contributed by atoms with E-state index in [1.165, 1.54) is 40.9 Å². The summed E-state index contributed by atoms with van der Waals surface area (Å²) in [6, 6.07) is 9.28. The Morgan fingerprint density at radius 3 is 2.88 bits per heavy atom. The zero-order valence-electron chi connectivity index (χ0n) is 13.6. The lowest BCUT2D eigenvalue weighted by molar-refractivity contribution is 0.0735. The number of fused-ring (bicyclic) bond motifs is 1. The number of thiophene rings is 1. The molecule has 0 saturated carbocycles. The Balaban J connectivity index is 1.48. The molecule has 2 amide bonds. The molecule has 4 rings (SSSR count). The van der Waals surface area contributed by atoms with Crippen LogP contribution in [0.25, 0.3) is 0 Å². The summed E-state index contributed by atoms with van der Waals surface area (Å²) in [5, 5.41) is 5.19. The van der Waals surface area contributed by atoms with Gasteiger partial charge in [-0.2, -0.15) is 0 Å². The molecule has 26 heavy (non-hydrogen) atoms. The molecule has 0 fully saturated rings. The van der Waals surface area contributed by atoms with Crippen LogP contribution in [0.2, 0.25) is 0 Å². The number of carbonyl (C=O) groups is 2. The highest BCUT2D eigenvalue weighted by Crippen LogP contribution is 2.29. The molecule has 2 aromatic heterocycles. The number of hydrogen-bond acceptors (Lipinski definition) is 5. The van der Waals surface area contributed by atoms with Gasteiger partial charge in [0.1, 0.15) is 5.82 Å². The summed E-state index contributed by atoms with van der Waals surface area (Å²) in [6.07, 6.45) is 0.613. The summed E-state index contributed by atoms with van der Waals surface area (Å²) in [4.78, 5) is 32.4. The minimum absolute atomic E-state index is 0.182. The van der Waals surface area contributed by atoms with Crippen LogP contribution in [0.4, 0.5) is 9.52 Å². The zero-order valence-corrected chi connectivity index (χ0v) is 15.2. The van der Waals surface area contributed by atoms with Gasteiger partial charge in [-0.25, -0.2) is 9.37 Å². The second kappa shape index (κ2) is 6.97. The summed E-state index contributed by atoms with van der Waals surface area (Å²) in [7, 11) is 0. The van der Waals surface area contributed by atoms with Gasteiger partial charge in [-0.05, 0) is 29.6 Å². The molecule has 132 valence electrons. The number of aromatic nitrogens is 1. The number of nitrogens with zero attached hydrogens (tertiary/aromatic N) is 2. The Morgan fingerprint density at radius 1 is 1.23 bits per heavy atom. The van der Waals surface area contributed by atoms with E-state index < -0.39 is 5.82 Å². The van der Waals surface area contributed by atoms with Crippen LogP contribution in [0, 0.1) is 5.82 Å². The van der Waals surface area contributed by atoms with Crippen molar-refractivity contribution >= 4 is 39.6 Å². The number of amides is 2. The summed E-state index contributed by atoms with van der Waals surface area (Å²) in [5.41, 5.74) is 1.24.